The lowest BCUT2D eigenvalue weighted by molar-refractivity contribution is -0.0586. The molecule has 0 heteroatoms. The van der Waals surface area contributed by atoms with Crippen LogP contribution in [-0.4, -0.2) is 0 Å². The molecule has 0 N–H and O–H groups in total. The molecule has 4 saturated carbocycles. The monoisotopic (exact) mass is 260 g/mol. The Morgan fingerprint density at radius 2 is 1.47 bits per heavy atom. The number of hydrogen-bond donors (Lipinski definition) is 0. The summed E-state index contributed by atoms with van der Waals surface area (Å²) in [4.78, 5) is 0. The highest BCUT2D eigenvalue weighted by molar-refractivity contribution is 5.01. The normalized spacial score (nSPS) is 53.2. The molecular weight excluding hydrogens is 228 g/mol. The van der Waals surface area contributed by atoms with E-state index in [1.54, 1.807) is 64.2 Å². The molecule has 7 unspecified atom stereocenters. The third kappa shape index (κ3) is 2.00. The fourth-order valence-corrected chi connectivity index (χ4v) is 7.12. The maximum Gasteiger partial charge on any atom is -0.0324 e. The van der Waals surface area contributed by atoms with Crippen molar-refractivity contribution in [2.45, 2.75) is 77.6 Å². The second kappa shape index (κ2) is 5.08. The predicted molar refractivity (Wildman–Crippen MR) is 80.9 cm³/mol. The van der Waals surface area contributed by atoms with Crippen LogP contribution >= 0.6 is 0 Å². The van der Waals surface area contributed by atoms with Gasteiger partial charge in [-0.2, -0.15) is 0 Å². The molecule has 0 radical (unpaired) electrons. The predicted octanol–water partition coefficient (Wildman–Crippen LogP) is 5.67. The molecule has 108 valence electrons. The zero-order chi connectivity index (χ0) is 12.8. The minimum Gasteiger partial charge on any atom is -0.0651 e. The van der Waals surface area contributed by atoms with Gasteiger partial charge in [-0.3, -0.25) is 0 Å². The van der Waals surface area contributed by atoms with Crippen LogP contribution in [0.3, 0.4) is 0 Å². The molecule has 0 aliphatic heterocycles. The van der Waals surface area contributed by atoms with E-state index in [0.29, 0.717) is 0 Å². The Labute approximate surface area is 119 Å². The number of fused-ring (bicyclic) bond motifs is 5. The molecule has 0 spiro atoms. The van der Waals surface area contributed by atoms with Crippen molar-refractivity contribution in [1.29, 1.82) is 0 Å². The van der Waals surface area contributed by atoms with Gasteiger partial charge in [0.05, 0.1) is 0 Å². The van der Waals surface area contributed by atoms with E-state index in [0.717, 1.165) is 41.4 Å². The smallest absolute Gasteiger partial charge is 0.0324 e. The standard InChI is InChI=1S/C19H32/c1-2-13-12-15-6-3-4-8-16(15)18-11-10-14-7-5-9-17(14)19(13)18/h13-19H,2-12H2,1H3. The number of rotatable bonds is 1. The van der Waals surface area contributed by atoms with Crippen molar-refractivity contribution < 1.29 is 0 Å². The maximum absolute atomic E-state index is 2.49. The molecule has 0 bridgehead atoms. The molecule has 0 aromatic rings. The highest BCUT2D eigenvalue weighted by Gasteiger charge is 2.51. The summed E-state index contributed by atoms with van der Waals surface area (Å²) in [7, 11) is 0. The summed E-state index contributed by atoms with van der Waals surface area (Å²) in [5.74, 6) is 8.02. The van der Waals surface area contributed by atoms with E-state index in [2.05, 4.69) is 6.92 Å². The minimum absolute atomic E-state index is 1.11. The molecule has 4 rings (SSSR count). The van der Waals surface area contributed by atoms with Gasteiger partial charge in [-0.15, -0.1) is 0 Å². The summed E-state index contributed by atoms with van der Waals surface area (Å²) >= 11 is 0. The van der Waals surface area contributed by atoms with Crippen molar-refractivity contribution in [1.82, 2.24) is 0 Å². The molecule has 0 amide bonds. The third-order valence-electron chi connectivity index (χ3n) is 7.77. The van der Waals surface area contributed by atoms with E-state index >= 15 is 0 Å². The van der Waals surface area contributed by atoms with Crippen molar-refractivity contribution in [3.8, 4) is 0 Å². The lowest BCUT2D eigenvalue weighted by Gasteiger charge is -2.55. The van der Waals surface area contributed by atoms with Crippen LogP contribution in [0.1, 0.15) is 77.6 Å². The SMILES string of the molecule is CCC1CC2CCCCC2C2CCC3CCCC3C12. The lowest BCUT2D eigenvalue weighted by Crippen LogP contribution is -2.47. The second-order valence-electron chi connectivity index (χ2n) is 8.29. The highest BCUT2D eigenvalue weighted by atomic mass is 14.6. The van der Waals surface area contributed by atoms with Crippen LogP contribution in [0.15, 0.2) is 0 Å². The Balaban J connectivity index is 1.62. The second-order valence-corrected chi connectivity index (χ2v) is 8.29. The third-order valence-corrected chi connectivity index (χ3v) is 7.77. The average molecular weight is 260 g/mol. The first-order valence-corrected chi connectivity index (χ1v) is 9.38. The van der Waals surface area contributed by atoms with Crippen LogP contribution in [0, 0.1) is 41.4 Å². The van der Waals surface area contributed by atoms with Gasteiger partial charge >= 0.3 is 0 Å². The summed E-state index contributed by atoms with van der Waals surface area (Å²) in [5.41, 5.74) is 0. The zero-order valence-corrected chi connectivity index (χ0v) is 12.8. The van der Waals surface area contributed by atoms with Crippen LogP contribution < -0.4 is 0 Å². The Morgan fingerprint density at radius 1 is 0.684 bits per heavy atom. The van der Waals surface area contributed by atoms with Crippen LogP contribution in [0.2, 0.25) is 0 Å². The fourth-order valence-electron chi connectivity index (χ4n) is 7.12. The van der Waals surface area contributed by atoms with Crippen LogP contribution in [0.4, 0.5) is 0 Å². The molecule has 4 aliphatic rings. The van der Waals surface area contributed by atoms with Crippen molar-refractivity contribution in [3.05, 3.63) is 0 Å². The van der Waals surface area contributed by atoms with Crippen LogP contribution in [-0.2, 0) is 0 Å². The first-order valence-electron chi connectivity index (χ1n) is 9.38. The Bertz CT molecular complexity index is 320. The van der Waals surface area contributed by atoms with E-state index in [4.69, 9.17) is 0 Å². The van der Waals surface area contributed by atoms with E-state index in [1.165, 1.54) is 6.42 Å². The molecule has 0 aromatic carbocycles. The molecular formula is C19H32. The molecule has 0 nitrogen and oxygen atoms in total. The van der Waals surface area contributed by atoms with Crippen LogP contribution in [0.25, 0.3) is 0 Å². The van der Waals surface area contributed by atoms with Gasteiger partial charge in [0.1, 0.15) is 0 Å². The first kappa shape index (κ1) is 12.7. The maximum atomic E-state index is 2.49. The quantitative estimate of drug-likeness (QED) is 0.570. The van der Waals surface area contributed by atoms with E-state index in [-0.39, 0.29) is 0 Å². The summed E-state index contributed by atoms with van der Waals surface area (Å²) in [6, 6.07) is 0. The fraction of sp³-hybridized carbons (Fsp3) is 1.00. The van der Waals surface area contributed by atoms with Gasteiger partial charge in [0.15, 0.2) is 0 Å². The van der Waals surface area contributed by atoms with Gasteiger partial charge in [0.2, 0.25) is 0 Å². The molecule has 0 heterocycles. The Kier molecular flexibility index (Phi) is 3.40. The van der Waals surface area contributed by atoms with Gasteiger partial charge < -0.3 is 0 Å². The van der Waals surface area contributed by atoms with Gasteiger partial charge in [-0.25, -0.2) is 0 Å². The van der Waals surface area contributed by atoms with Crippen molar-refractivity contribution >= 4 is 0 Å². The van der Waals surface area contributed by atoms with Gasteiger partial charge in [0.25, 0.3) is 0 Å². The summed E-state index contributed by atoms with van der Waals surface area (Å²) in [6.45, 7) is 2.49. The minimum atomic E-state index is 1.11. The van der Waals surface area contributed by atoms with Crippen molar-refractivity contribution in [3.63, 3.8) is 0 Å². The number of hydrogen-bond acceptors (Lipinski definition) is 0. The molecule has 19 heavy (non-hydrogen) atoms. The molecule has 4 aliphatic carbocycles. The van der Waals surface area contributed by atoms with Gasteiger partial charge in [-0.05, 0) is 73.5 Å². The van der Waals surface area contributed by atoms with E-state index < -0.39 is 0 Å². The Morgan fingerprint density at radius 3 is 2.37 bits per heavy atom. The van der Waals surface area contributed by atoms with E-state index in [9.17, 15) is 0 Å². The van der Waals surface area contributed by atoms with Crippen LogP contribution in [0.5, 0.6) is 0 Å². The molecule has 0 aromatic heterocycles. The first-order chi connectivity index (χ1) is 9.38. The molecule has 0 saturated heterocycles. The van der Waals surface area contributed by atoms with E-state index in [1.807, 2.05) is 0 Å². The van der Waals surface area contributed by atoms with Crippen molar-refractivity contribution in [2.75, 3.05) is 0 Å². The molecule has 4 fully saturated rings. The largest absolute Gasteiger partial charge is 0.0651 e. The Hall–Kier alpha value is 0. The van der Waals surface area contributed by atoms with Gasteiger partial charge in [0, 0.05) is 0 Å². The average Bonchev–Trinajstić information content (AvgIpc) is 2.94. The summed E-state index contributed by atoms with van der Waals surface area (Å²) in [5, 5.41) is 0. The lowest BCUT2D eigenvalue weighted by atomic mass is 9.50. The zero-order valence-electron chi connectivity index (χ0n) is 12.8. The summed E-state index contributed by atoms with van der Waals surface area (Å²) < 4.78 is 0. The van der Waals surface area contributed by atoms with Gasteiger partial charge in [-0.1, -0.05) is 45.4 Å². The molecule has 7 atom stereocenters. The highest BCUT2D eigenvalue weighted by Crippen LogP contribution is 2.60. The topological polar surface area (TPSA) is 0 Å². The van der Waals surface area contributed by atoms with Crippen molar-refractivity contribution in [2.24, 2.45) is 41.4 Å². The summed E-state index contributed by atoms with van der Waals surface area (Å²) in [6.07, 6.45) is 17.3.